The molecule has 0 spiro atoms. The van der Waals surface area contributed by atoms with Gasteiger partial charge in [0, 0.05) is 19.4 Å². The topological polar surface area (TPSA) is 57.0 Å². The maximum atomic E-state index is 11.6. The normalized spacial score (nSPS) is 17.0. The highest BCUT2D eigenvalue weighted by Gasteiger charge is 2.28. The Morgan fingerprint density at radius 1 is 1.27 bits per heavy atom. The van der Waals surface area contributed by atoms with Gasteiger partial charge in [-0.3, -0.25) is 4.79 Å². The lowest BCUT2D eigenvalue weighted by atomic mass is 9.98. The van der Waals surface area contributed by atoms with Crippen LogP contribution in [0, 0.1) is 5.92 Å². The van der Waals surface area contributed by atoms with Crippen molar-refractivity contribution in [3.63, 3.8) is 0 Å². The van der Waals surface area contributed by atoms with Crippen molar-refractivity contribution < 1.29 is 9.53 Å². The monoisotopic (exact) mass is 299 g/mol. The minimum absolute atomic E-state index is 0.0705. The van der Waals surface area contributed by atoms with E-state index in [1.165, 1.54) is 12.7 Å². The lowest BCUT2D eigenvalue weighted by Gasteiger charge is -2.21. The van der Waals surface area contributed by atoms with Gasteiger partial charge >= 0.3 is 5.97 Å². The van der Waals surface area contributed by atoms with E-state index >= 15 is 0 Å². The number of esters is 1. The lowest BCUT2D eigenvalue weighted by Crippen LogP contribution is -2.27. The van der Waals surface area contributed by atoms with Crippen molar-refractivity contribution in [1.29, 1.82) is 0 Å². The molecule has 0 saturated carbocycles. The van der Waals surface area contributed by atoms with Crippen LogP contribution in [0.5, 0.6) is 0 Å². The number of carbonyl (C=O) groups is 1. The zero-order valence-electron chi connectivity index (χ0n) is 12.9. The van der Waals surface area contributed by atoms with Gasteiger partial charge in [0.15, 0.2) is 0 Å². The van der Waals surface area contributed by atoms with Crippen LogP contribution in [-0.4, -0.2) is 27.8 Å². The molecule has 22 heavy (non-hydrogen) atoms. The van der Waals surface area contributed by atoms with Crippen molar-refractivity contribution in [2.75, 3.05) is 7.11 Å². The Kier molecular flexibility index (Phi) is 4.51. The summed E-state index contributed by atoms with van der Waals surface area (Å²) in [5, 5.41) is 8.56. The third-order valence-corrected chi connectivity index (χ3v) is 4.28. The average molecular weight is 299 g/mol. The smallest absolute Gasteiger partial charge is 0.309 e. The number of aryl methyl sites for hydroxylation is 2. The molecule has 0 amide bonds. The van der Waals surface area contributed by atoms with Crippen LogP contribution < -0.4 is 0 Å². The number of rotatable bonds is 5. The molecule has 0 N–H and O–H groups in total. The fourth-order valence-electron chi connectivity index (χ4n) is 3.04. The molecule has 0 radical (unpaired) electrons. The Balaban J connectivity index is 1.58. The first-order valence-electron chi connectivity index (χ1n) is 7.80. The Morgan fingerprint density at radius 3 is 2.86 bits per heavy atom. The number of fused-ring (bicyclic) bond motifs is 1. The van der Waals surface area contributed by atoms with E-state index in [0.717, 1.165) is 43.9 Å². The van der Waals surface area contributed by atoms with Gasteiger partial charge in [-0.15, -0.1) is 10.2 Å². The molecule has 2 aromatic rings. The van der Waals surface area contributed by atoms with Crippen LogP contribution in [0.2, 0.25) is 0 Å². The molecule has 3 rings (SSSR count). The highest BCUT2D eigenvalue weighted by molar-refractivity contribution is 5.72. The summed E-state index contributed by atoms with van der Waals surface area (Å²) < 4.78 is 7.00. The second-order valence-corrected chi connectivity index (χ2v) is 5.74. The second-order valence-electron chi connectivity index (χ2n) is 5.74. The Bertz CT molecular complexity index is 637. The lowest BCUT2D eigenvalue weighted by molar-refractivity contribution is -0.146. The van der Waals surface area contributed by atoms with Gasteiger partial charge in [-0.2, -0.15) is 0 Å². The van der Waals surface area contributed by atoms with Gasteiger partial charge in [0.1, 0.15) is 11.6 Å². The fourth-order valence-corrected chi connectivity index (χ4v) is 3.04. The van der Waals surface area contributed by atoms with E-state index in [2.05, 4.69) is 39.0 Å². The van der Waals surface area contributed by atoms with Gasteiger partial charge in [-0.05, 0) is 24.8 Å². The van der Waals surface area contributed by atoms with Crippen LogP contribution in [0.4, 0.5) is 0 Å². The summed E-state index contributed by atoms with van der Waals surface area (Å²) in [7, 11) is 1.44. The Labute approximate surface area is 130 Å². The van der Waals surface area contributed by atoms with Gasteiger partial charge in [0.2, 0.25) is 0 Å². The number of hydrogen-bond acceptors (Lipinski definition) is 4. The zero-order chi connectivity index (χ0) is 15.4. The average Bonchev–Trinajstić information content (AvgIpc) is 2.97. The number of carbonyl (C=O) groups excluding carboxylic acids is 1. The summed E-state index contributed by atoms with van der Waals surface area (Å²) in [4.78, 5) is 11.6. The zero-order valence-corrected chi connectivity index (χ0v) is 12.9. The fraction of sp³-hybridized carbons (Fsp3) is 0.471. The third kappa shape index (κ3) is 3.18. The molecule has 2 heterocycles. The molecule has 0 aliphatic carbocycles. The minimum Gasteiger partial charge on any atom is -0.469 e. The van der Waals surface area contributed by atoms with Crippen LogP contribution in [0.15, 0.2) is 30.3 Å². The molecule has 5 heteroatoms. The predicted molar refractivity (Wildman–Crippen MR) is 82.3 cm³/mol. The number of aromatic nitrogens is 3. The molecular weight excluding hydrogens is 278 g/mol. The number of benzene rings is 1. The Morgan fingerprint density at radius 2 is 2.09 bits per heavy atom. The van der Waals surface area contributed by atoms with E-state index in [1.807, 2.05) is 6.07 Å². The predicted octanol–water partition coefficient (Wildman–Crippen LogP) is 2.19. The first-order chi connectivity index (χ1) is 10.8. The van der Waals surface area contributed by atoms with Crippen molar-refractivity contribution in [1.82, 2.24) is 14.8 Å². The standard InChI is InChI=1S/C17H21N3O2/c1-22-17(21)14-10-11-20-15(18-19-16(20)12-14)9-5-8-13-6-3-2-4-7-13/h2-4,6-7,14H,5,8-12H2,1H3. The number of nitrogens with zero attached hydrogens (tertiary/aromatic N) is 3. The van der Waals surface area contributed by atoms with Crippen molar-refractivity contribution >= 4 is 5.97 Å². The first kappa shape index (κ1) is 14.8. The molecule has 1 aromatic heterocycles. The SMILES string of the molecule is COC(=O)C1CCn2c(CCCc3ccccc3)nnc2C1. The van der Waals surface area contributed by atoms with E-state index in [4.69, 9.17) is 4.74 Å². The summed E-state index contributed by atoms with van der Waals surface area (Å²) >= 11 is 0. The minimum atomic E-state index is -0.139. The van der Waals surface area contributed by atoms with Crippen LogP contribution >= 0.6 is 0 Å². The van der Waals surface area contributed by atoms with E-state index in [0.29, 0.717) is 6.42 Å². The van der Waals surface area contributed by atoms with Crippen LogP contribution in [0.1, 0.15) is 30.1 Å². The van der Waals surface area contributed by atoms with Crippen molar-refractivity contribution in [3.8, 4) is 0 Å². The largest absolute Gasteiger partial charge is 0.469 e. The summed E-state index contributed by atoms with van der Waals surface area (Å²) in [5.41, 5.74) is 1.35. The van der Waals surface area contributed by atoms with Gasteiger partial charge in [0.25, 0.3) is 0 Å². The number of methoxy groups -OCH3 is 1. The molecule has 0 saturated heterocycles. The van der Waals surface area contributed by atoms with Crippen molar-refractivity contribution in [2.45, 2.75) is 38.6 Å². The first-order valence-corrected chi connectivity index (χ1v) is 7.80. The van der Waals surface area contributed by atoms with Gasteiger partial charge in [0.05, 0.1) is 13.0 Å². The van der Waals surface area contributed by atoms with Crippen LogP contribution in [0.3, 0.4) is 0 Å². The highest BCUT2D eigenvalue weighted by Crippen LogP contribution is 2.22. The van der Waals surface area contributed by atoms with E-state index in [1.54, 1.807) is 0 Å². The second kappa shape index (κ2) is 6.73. The molecule has 1 aromatic carbocycles. The quantitative estimate of drug-likeness (QED) is 0.794. The summed E-state index contributed by atoms with van der Waals surface area (Å²) in [6.45, 7) is 0.808. The molecule has 0 fully saturated rings. The third-order valence-electron chi connectivity index (χ3n) is 4.28. The molecule has 1 aliphatic rings. The van der Waals surface area contributed by atoms with E-state index in [-0.39, 0.29) is 11.9 Å². The van der Waals surface area contributed by atoms with Crippen molar-refractivity contribution in [2.24, 2.45) is 5.92 Å². The highest BCUT2D eigenvalue weighted by atomic mass is 16.5. The summed E-state index contributed by atoms with van der Waals surface area (Å²) in [6, 6.07) is 10.5. The van der Waals surface area contributed by atoms with Crippen LogP contribution in [-0.2, 0) is 35.3 Å². The molecule has 1 aliphatic heterocycles. The van der Waals surface area contributed by atoms with Gasteiger partial charge in [-0.25, -0.2) is 0 Å². The molecule has 1 atom stereocenters. The molecule has 1 unspecified atom stereocenters. The molecular formula is C17H21N3O2. The van der Waals surface area contributed by atoms with Gasteiger partial charge in [-0.1, -0.05) is 30.3 Å². The van der Waals surface area contributed by atoms with E-state index < -0.39 is 0 Å². The van der Waals surface area contributed by atoms with Gasteiger partial charge < -0.3 is 9.30 Å². The summed E-state index contributed by atoms with van der Waals surface area (Å²) in [5.74, 6) is 1.74. The Hall–Kier alpha value is -2.17. The van der Waals surface area contributed by atoms with E-state index in [9.17, 15) is 4.79 Å². The maximum Gasteiger partial charge on any atom is 0.309 e. The summed E-state index contributed by atoms with van der Waals surface area (Å²) in [6.07, 6.45) is 4.48. The molecule has 116 valence electrons. The molecule has 5 nitrogen and oxygen atoms in total. The number of hydrogen-bond donors (Lipinski definition) is 0. The number of ether oxygens (including phenoxy) is 1. The van der Waals surface area contributed by atoms with Crippen molar-refractivity contribution in [3.05, 3.63) is 47.5 Å². The maximum absolute atomic E-state index is 11.6. The molecule has 0 bridgehead atoms. The van der Waals surface area contributed by atoms with Crippen LogP contribution in [0.25, 0.3) is 0 Å².